The van der Waals surface area contributed by atoms with E-state index in [1.807, 2.05) is 54.6 Å². The minimum atomic E-state index is 0.00157. The zero-order valence-electron chi connectivity index (χ0n) is 11.2. The molecule has 0 bridgehead atoms. The van der Waals surface area contributed by atoms with E-state index >= 15 is 0 Å². The summed E-state index contributed by atoms with van der Waals surface area (Å²) in [5.41, 5.74) is 1.31. The number of unbranched alkanes of at least 4 members (excludes halogenated alkanes) is 1. The molecule has 0 aliphatic heterocycles. The van der Waals surface area contributed by atoms with Gasteiger partial charge in [-0.3, -0.25) is 4.79 Å². The first-order chi connectivity index (χ1) is 9.83. The number of ether oxygens (including phenoxy) is 1. The molecule has 104 valence electrons. The van der Waals surface area contributed by atoms with E-state index in [9.17, 15) is 4.79 Å². The van der Waals surface area contributed by atoms with Crippen molar-refractivity contribution in [1.29, 1.82) is 0 Å². The largest absolute Gasteiger partial charge is 0.493 e. The molecule has 3 heteroatoms. The molecular formula is C17H17BrO2. The lowest BCUT2D eigenvalue weighted by Crippen LogP contribution is -2.06. The van der Waals surface area contributed by atoms with Gasteiger partial charge in [-0.05, 0) is 25.0 Å². The zero-order valence-corrected chi connectivity index (χ0v) is 12.8. The van der Waals surface area contributed by atoms with Crippen molar-refractivity contribution in [2.45, 2.75) is 12.8 Å². The van der Waals surface area contributed by atoms with Crippen molar-refractivity contribution >= 4 is 21.7 Å². The van der Waals surface area contributed by atoms with Crippen LogP contribution < -0.4 is 4.74 Å². The second-order valence-electron chi connectivity index (χ2n) is 4.44. The van der Waals surface area contributed by atoms with E-state index in [4.69, 9.17) is 4.74 Å². The first kappa shape index (κ1) is 14.8. The highest BCUT2D eigenvalue weighted by molar-refractivity contribution is 9.09. The molecule has 20 heavy (non-hydrogen) atoms. The standard InChI is InChI=1S/C17H17BrO2/c18-12-6-7-13-20-16-11-5-4-10-15(16)17(19)14-8-2-1-3-9-14/h1-5,8-11H,6-7,12-13H2. The molecule has 0 unspecified atom stereocenters. The van der Waals surface area contributed by atoms with Crippen LogP contribution >= 0.6 is 15.9 Å². The van der Waals surface area contributed by atoms with Gasteiger partial charge in [-0.2, -0.15) is 0 Å². The molecule has 0 aromatic heterocycles. The predicted octanol–water partition coefficient (Wildman–Crippen LogP) is 4.47. The Hall–Kier alpha value is -1.61. The van der Waals surface area contributed by atoms with Crippen LogP contribution in [0.5, 0.6) is 5.75 Å². The molecule has 0 atom stereocenters. The Labute approximate surface area is 127 Å². The normalized spacial score (nSPS) is 10.2. The third-order valence-electron chi connectivity index (χ3n) is 2.95. The highest BCUT2D eigenvalue weighted by Gasteiger charge is 2.13. The van der Waals surface area contributed by atoms with Gasteiger partial charge in [0.2, 0.25) is 0 Å². The number of halogens is 1. The highest BCUT2D eigenvalue weighted by atomic mass is 79.9. The third-order valence-corrected chi connectivity index (χ3v) is 3.51. The maximum Gasteiger partial charge on any atom is 0.196 e. The van der Waals surface area contributed by atoms with Crippen LogP contribution in [0.1, 0.15) is 28.8 Å². The average molecular weight is 333 g/mol. The van der Waals surface area contributed by atoms with Crippen LogP contribution in [0.4, 0.5) is 0 Å². The van der Waals surface area contributed by atoms with Crippen molar-refractivity contribution in [3.05, 3.63) is 65.7 Å². The number of benzene rings is 2. The summed E-state index contributed by atoms with van der Waals surface area (Å²) in [6.45, 7) is 0.630. The summed E-state index contributed by atoms with van der Waals surface area (Å²) in [7, 11) is 0. The van der Waals surface area contributed by atoms with Crippen LogP contribution in [-0.4, -0.2) is 17.7 Å². The molecule has 0 aliphatic carbocycles. The lowest BCUT2D eigenvalue weighted by atomic mass is 10.0. The summed E-state index contributed by atoms with van der Waals surface area (Å²) in [6, 6.07) is 16.7. The smallest absolute Gasteiger partial charge is 0.196 e. The Kier molecular flexibility index (Phi) is 5.81. The van der Waals surface area contributed by atoms with Crippen LogP contribution in [0.15, 0.2) is 54.6 Å². The Balaban J connectivity index is 2.13. The number of hydrogen-bond acceptors (Lipinski definition) is 2. The van der Waals surface area contributed by atoms with Crippen molar-refractivity contribution in [3.63, 3.8) is 0 Å². The van der Waals surface area contributed by atoms with Gasteiger partial charge in [-0.1, -0.05) is 58.4 Å². The van der Waals surface area contributed by atoms with E-state index in [1.54, 1.807) is 0 Å². The monoisotopic (exact) mass is 332 g/mol. The molecular weight excluding hydrogens is 316 g/mol. The van der Waals surface area contributed by atoms with E-state index in [0.717, 1.165) is 18.2 Å². The van der Waals surface area contributed by atoms with Gasteiger partial charge in [0.1, 0.15) is 5.75 Å². The van der Waals surface area contributed by atoms with E-state index in [2.05, 4.69) is 15.9 Å². The number of carbonyl (C=O) groups is 1. The average Bonchev–Trinajstić information content (AvgIpc) is 2.52. The fraction of sp³-hybridized carbons (Fsp3) is 0.235. The second-order valence-corrected chi connectivity index (χ2v) is 5.23. The zero-order chi connectivity index (χ0) is 14.2. The summed E-state index contributed by atoms with van der Waals surface area (Å²) in [5.74, 6) is 0.664. The fourth-order valence-corrected chi connectivity index (χ4v) is 2.30. The Bertz CT molecular complexity index is 552. The maximum absolute atomic E-state index is 12.5. The molecule has 0 aliphatic rings. The summed E-state index contributed by atoms with van der Waals surface area (Å²) in [5, 5.41) is 0.973. The van der Waals surface area contributed by atoms with Gasteiger partial charge in [-0.15, -0.1) is 0 Å². The summed E-state index contributed by atoms with van der Waals surface area (Å²) in [6.07, 6.45) is 2.04. The third kappa shape index (κ3) is 3.94. The molecule has 0 heterocycles. The van der Waals surface area contributed by atoms with Crippen LogP contribution in [0.3, 0.4) is 0 Å². The molecule has 0 radical (unpaired) electrons. The number of carbonyl (C=O) groups excluding carboxylic acids is 1. The molecule has 0 saturated carbocycles. The minimum absolute atomic E-state index is 0.00157. The van der Waals surface area contributed by atoms with Crippen molar-refractivity contribution < 1.29 is 9.53 Å². The SMILES string of the molecule is O=C(c1ccccc1)c1ccccc1OCCCCBr. The number of alkyl halides is 1. The van der Waals surface area contributed by atoms with Gasteiger partial charge >= 0.3 is 0 Å². The fourth-order valence-electron chi connectivity index (χ4n) is 1.90. The van der Waals surface area contributed by atoms with Gasteiger partial charge in [-0.25, -0.2) is 0 Å². The molecule has 2 aromatic rings. The van der Waals surface area contributed by atoms with Crippen molar-refractivity contribution in [3.8, 4) is 5.75 Å². The van der Waals surface area contributed by atoms with Gasteiger partial charge in [0.25, 0.3) is 0 Å². The number of para-hydroxylation sites is 1. The molecule has 0 fully saturated rings. The van der Waals surface area contributed by atoms with E-state index in [-0.39, 0.29) is 5.78 Å². The molecule has 0 saturated heterocycles. The summed E-state index contributed by atoms with van der Waals surface area (Å²) >= 11 is 3.39. The van der Waals surface area contributed by atoms with E-state index in [1.165, 1.54) is 0 Å². The minimum Gasteiger partial charge on any atom is -0.493 e. The number of ketones is 1. The molecule has 2 rings (SSSR count). The lowest BCUT2D eigenvalue weighted by Gasteiger charge is -2.10. The van der Waals surface area contributed by atoms with Gasteiger partial charge < -0.3 is 4.74 Å². The molecule has 0 amide bonds. The number of hydrogen-bond donors (Lipinski definition) is 0. The van der Waals surface area contributed by atoms with Crippen LogP contribution in [0, 0.1) is 0 Å². The van der Waals surface area contributed by atoms with Crippen molar-refractivity contribution in [2.24, 2.45) is 0 Å². The Morgan fingerprint density at radius 2 is 1.65 bits per heavy atom. The molecule has 2 aromatic carbocycles. The van der Waals surface area contributed by atoms with E-state index in [0.29, 0.717) is 23.5 Å². The van der Waals surface area contributed by atoms with Gasteiger partial charge in [0.05, 0.1) is 12.2 Å². The maximum atomic E-state index is 12.5. The summed E-state index contributed by atoms with van der Waals surface area (Å²) in [4.78, 5) is 12.5. The predicted molar refractivity (Wildman–Crippen MR) is 84.8 cm³/mol. The highest BCUT2D eigenvalue weighted by Crippen LogP contribution is 2.21. The number of rotatable bonds is 7. The molecule has 2 nitrogen and oxygen atoms in total. The van der Waals surface area contributed by atoms with Gasteiger partial charge in [0.15, 0.2) is 5.78 Å². The Morgan fingerprint density at radius 1 is 0.950 bits per heavy atom. The van der Waals surface area contributed by atoms with Crippen molar-refractivity contribution in [1.82, 2.24) is 0 Å². The molecule has 0 spiro atoms. The first-order valence-electron chi connectivity index (χ1n) is 6.70. The quantitative estimate of drug-likeness (QED) is 0.424. The van der Waals surface area contributed by atoms with Gasteiger partial charge in [0, 0.05) is 10.9 Å². The lowest BCUT2D eigenvalue weighted by molar-refractivity contribution is 0.103. The van der Waals surface area contributed by atoms with Crippen LogP contribution in [0.25, 0.3) is 0 Å². The first-order valence-corrected chi connectivity index (χ1v) is 7.82. The Morgan fingerprint density at radius 3 is 2.40 bits per heavy atom. The van der Waals surface area contributed by atoms with E-state index < -0.39 is 0 Å². The second kappa shape index (κ2) is 7.85. The van der Waals surface area contributed by atoms with Crippen LogP contribution in [0.2, 0.25) is 0 Å². The van der Waals surface area contributed by atoms with Crippen LogP contribution in [-0.2, 0) is 0 Å². The summed E-state index contributed by atoms with van der Waals surface area (Å²) < 4.78 is 5.74. The van der Waals surface area contributed by atoms with Crippen molar-refractivity contribution in [2.75, 3.05) is 11.9 Å². The topological polar surface area (TPSA) is 26.3 Å². The molecule has 0 N–H and O–H groups in total.